The van der Waals surface area contributed by atoms with E-state index >= 15 is 0 Å². The zero-order chi connectivity index (χ0) is 19.2. The molecule has 0 aliphatic carbocycles. The van der Waals surface area contributed by atoms with Crippen molar-refractivity contribution in [2.75, 3.05) is 13.7 Å². The first kappa shape index (κ1) is 19.0. The number of carbonyl (C=O) groups is 1. The van der Waals surface area contributed by atoms with Gasteiger partial charge in [0.25, 0.3) is 0 Å². The van der Waals surface area contributed by atoms with E-state index in [0.29, 0.717) is 13.2 Å². The lowest BCUT2D eigenvalue weighted by Gasteiger charge is -2.16. The average molecular weight is 365 g/mol. The Morgan fingerprint density at radius 2 is 1.85 bits per heavy atom. The summed E-state index contributed by atoms with van der Waals surface area (Å²) in [7, 11) is 1.81. The predicted octanol–water partition coefficient (Wildman–Crippen LogP) is 4.18. The summed E-state index contributed by atoms with van der Waals surface area (Å²) in [5.41, 5.74) is 3.32. The maximum atomic E-state index is 11.6. The molecule has 0 spiro atoms. The molecule has 0 saturated carbocycles. The van der Waals surface area contributed by atoms with Gasteiger partial charge in [-0.1, -0.05) is 29.8 Å². The quantitative estimate of drug-likeness (QED) is 0.563. The molecule has 0 unspecified atom stereocenters. The van der Waals surface area contributed by atoms with E-state index in [1.54, 1.807) is 18.9 Å². The van der Waals surface area contributed by atoms with Crippen molar-refractivity contribution in [3.8, 4) is 5.75 Å². The standard InChI is InChI=1S/C22H27N3O2/c1-17-10-12-19(13-11-17)27-15-7-6-14-25-21-9-5-4-8-20(21)23-22(25)16-24(3)18(2)26/h4-5,8-13H,6-7,14-16H2,1-3H3. The number of fused-ring (bicyclic) bond motifs is 1. The van der Waals surface area contributed by atoms with Gasteiger partial charge in [0, 0.05) is 20.5 Å². The van der Waals surface area contributed by atoms with Gasteiger partial charge in [-0.15, -0.1) is 0 Å². The lowest BCUT2D eigenvalue weighted by molar-refractivity contribution is -0.128. The normalized spacial score (nSPS) is 10.9. The molecule has 0 aliphatic rings. The van der Waals surface area contributed by atoms with E-state index in [-0.39, 0.29) is 5.91 Å². The Hall–Kier alpha value is -2.82. The van der Waals surface area contributed by atoms with Crippen molar-refractivity contribution in [2.45, 2.75) is 39.8 Å². The van der Waals surface area contributed by atoms with Gasteiger partial charge >= 0.3 is 0 Å². The first-order chi connectivity index (χ1) is 13.0. The summed E-state index contributed by atoms with van der Waals surface area (Å²) in [4.78, 5) is 18.0. The molecule has 0 N–H and O–H groups in total. The van der Waals surface area contributed by atoms with E-state index in [4.69, 9.17) is 9.72 Å². The van der Waals surface area contributed by atoms with Gasteiger partial charge in [-0.25, -0.2) is 4.98 Å². The molecule has 27 heavy (non-hydrogen) atoms. The number of para-hydroxylation sites is 2. The van der Waals surface area contributed by atoms with Gasteiger partial charge < -0.3 is 14.2 Å². The van der Waals surface area contributed by atoms with Crippen LogP contribution in [0.1, 0.15) is 31.2 Å². The first-order valence-electron chi connectivity index (χ1n) is 9.40. The molecule has 5 nitrogen and oxygen atoms in total. The Balaban J connectivity index is 1.61. The molecule has 0 aliphatic heterocycles. The minimum atomic E-state index is 0.0418. The van der Waals surface area contributed by atoms with E-state index in [1.165, 1.54) is 5.56 Å². The van der Waals surface area contributed by atoms with Crippen LogP contribution in [0.3, 0.4) is 0 Å². The average Bonchev–Trinajstić information content (AvgIpc) is 3.00. The van der Waals surface area contributed by atoms with Crippen LogP contribution in [0.25, 0.3) is 11.0 Å². The van der Waals surface area contributed by atoms with Crippen LogP contribution in [0.5, 0.6) is 5.75 Å². The Morgan fingerprint density at radius 1 is 1.11 bits per heavy atom. The number of amides is 1. The van der Waals surface area contributed by atoms with Crippen molar-refractivity contribution < 1.29 is 9.53 Å². The van der Waals surface area contributed by atoms with Crippen molar-refractivity contribution in [1.29, 1.82) is 0 Å². The van der Waals surface area contributed by atoms with Gasteiger partial charge in [0.05, 0.1) is 24.2 Å². The number of benzene rings is 2. The molecular weight excluding hydrogens is 338 g/mol. The van der Waals surface area contributed by atoms with Crippen molar-refractivity contribution >= 4 is 16.9 Å². The number of aryl methyl sites for hydroxylation is 2. The molecule has 0 atom stereocenters. The number of unbranched alkanes of at least 4 members (excludes halogenated alkanes) is 1. The zero-order valence-electron chi connectivity index (χ0n) is 16.3. The number of aromatic nitrogens is 2. The summed E-state index contributed by atoms with van der Waals surface area (Å²) in [6.07, 6.45) is 1.95. The van der Waals surface area contributed by atoms with Crippen molar-refractivity contribution in [2.24, 2.45) is 0 Å². The molecule has 142 valence electrons. The number of carbonyl (C=O) groups excluding carboxylic acids is 1. The Kier molecular flexibility index (Phi) is 6.12. The Labute approximate surface area is 160 Å². The van der Waals surface area contributed by atoms with Crippen LogP contribution in [0.4, 0.5) is 0 Å². The maximum absolute atomic E-state index is 11.6. The molecule has 3 rings (SSSR count). The number of imidazole rings is 1. The van der Waals surface area contributed by atoms with Crippen LogP contribution >= 0.6 is 0 Å². The summed E-state index contributed by atoms with van der Waals surface area (Å²) >= 11 is 0. The highest BCUT2D eigenvalue weighted by atomic mass is 16.5. The van der Waals surface area contributed by atoms with Crippen LogP contribution in [0.2, 0.25) is 0 Å². The fourth-order valence-electron chi connectivity index (χ4n) is 3.02. The maximum Gasteiger partial charge on any atom is 0.219 e. The SMILES string of the molecule is CC(=O)N(C)Cc1nc2ccccc2n1CCCCOc1ccc(C)cc1. The zero-order valence-corrected chi connectivity index (χ0v) is 16.3. The molecule has 1 heterocycles. The fourth-order valence-corrected chi connectivity index (χ4v) is 3.02. The molecule has 0 bridgehead atoms. The molecule has 1 amide bonds. The second-order valence-electron chi connectivity index (χ2n) is 6.91. The topological polar surface area (TPSA) is 47.4 Å². The van der Waals surface area contributed by atoms with Crippen LogP contribution in [-0.2, 0) is 17.9 Å². The number of rotatable bonds is 8. The molecule has 5 heteroatoms. The summed E-state index contributed by atoms with van der Waals surface area (Å²) in [5.74, 6) is 1.88. The van der Waals surface area contributed by atoms with Gasteiger partial charge in [-0.3, -0.25) is 4.79 Å². The fraction of sp³-hybridized carbons (Fsp3) is 0.364. The van der Waals surface area contributed by atoms with Gasteiger partial charge in [-0.05, 0) is 44.0 Å². The van der Waals surface area contributed by atoms with Gasteiger partial charge in [0.2, 0.25) is 5.91 Å². The van der Waals surface area contributed by atoms with Gasteiger partial charge in [-0.2, -0.15) is 0 Å². The first-order valence-corrected chi connectivity index (χ1v) is 9.40. The minimum Gasteiger partial charge on any atom is -0.494 e. The molecule has 0 saturated heterocycles. The second-order valence-corrected chi connectivity index (χ2v) is 6.91. The van der Waals surface area contributed by atoms with Crippen LogP contribution in [-0.4, -0.2) is 34.0 Å². The summed E-state index contributed by atoms with van der Waals surface area (Å²) in [5, 5.41) is 0. The Morgan fingerprint density at radius 3 is 2.59 bits per heavy atom. The van der Waals surface area contributed by atoms with E-state index in [0.717, 1.165) is 42.0 Å². The summed E-state index contributed by atoms with van der Waals surface area (Å²) < 4.78 is 8.04. The largest absolute Gasteiger partial charge is 0.494 e. The lowest BCUT2D eigenvalue weighted by Crippen LogP contribution is -2.25. The highest BCUT2D eigenvalue weighted by Crippen LogP contribution is 2.18. The van der Waals surface area contributed by atoms with E-state index in [9.17, 15) is 4.79 Å². The van der Waals surface area contributed by atoms with E-state index < -0.39 is 0 Å². The predicted molar refractivity (Wildman–Crippen MR) is 108 cm³/mol. The van der Waals surface area contributed by atoms with Crippen LogP contribution < -0.4 is 4.74 Å². The third-order valence-electron chi connectivity index (χ3n) is 4.72. The van der Waals surface area contributed by atoms with Crippen molar-refractivity contribution in [1.82, 2.24) is 14.5 Å². The van der Waals surface area contributed by atoms with Crippen molar-refractivity contribution in [3.05, 3.63) is 59.9 Å². The number of hydrogen-bond acceptors (Lipinski definition) is 3. The molecule has 0 radical (unpaired) electrons. The molecule has 3 aromatic rings. The molecular formula is C22H27N3O2. The third kappa shape index (κ3) is 4.88. The summed E-state index contributed by atoms with van der Waals surface area (Å²) in [6.45, 7) is 5.72. The van der Waals surface area contributed by atoms with Gasteiger partial charge in [0.15, 0.2) is 0 Å². The van der Waals surface area contributed by atoms with E-state index in [2.05, 4.69) is 29.7 Å². The van der Waals surface area contributed by atoms with E-state index in [1.807, 2.05) is 30.3 Å². The second kappa shape index (κ2) is 8.71. The van der Waals surface area contributed by atoms with Crippen LogP contribution in [0.15, 0.2) is 48.5 Å². The smallest absolute Gasteiger partial charge is 0.219 e. The lowest BCUT2D eigenvalue weighted by atomic mass is 10.2. The Bertz CT molecular complexity index is 900. The molecule has 1 aromatic heterocycles. The number of ether oxygens (including phenoxy) is 1. The van der Waals surface area contributed by atoms with Crippen LogP contribution in [0, 0.1) is 6.92 Å². The van der Waals surface area contributed by atoms with Gasteiger partial charge in [0.1, 0.15) is 11.6 Å². The summed E-state index contributed by atoms with van der Waals surface area (Å²) in [6, 6.07) is 16.3. The minimum absolute atomic E-state index is 0.0418. The highest BCUT2D eigenvalue weighted by molar-refractivity contribution is 5.76. The monoisotopic (exact) mass is 365 g/mol. The van der Waals surface area contributed by atoms with Crippen molar-refractivity contribution in [3.63, 3.8) is 0 Å². The number of nitrogens with zero attached hydrogens (tertiary/aromatic N) is 3. The highest BCUT2D eigenvalue weighted by Gasteiger charge is 2.13. The third-order valence-corrected chi connectivity index (χ3v) is 4.72. The molecule has 0 fully saturated rings. The molecule has 2 aromatic carbocycles. The number of hydrogen-bond donors (Lipinski definition) is 0.